The van der Waals surface area contributed by atoms with Crippen LogP contribution in [0.2, 0.25) is 0 Å². The van der Waals surface area contributed by atoms with E-state index >= 15 is 0 Å². The molecule has 1 unspecified atom stereocenters. The monoisotopic (exact) mass is 280 g/mol. The van der Waals surface area contributed by atoms with Crippen molar-refractivity contribution in [2.24, 2.45) is 15.5 Å². The van der Waals surface area contributed by atoms with Gasteiger partial charge < -0.3 is 10.0 Å². The van der Waals surface area contributed by atoms with E-state index in [2.05, 4.69) is 21.1 Å². The van der Waals surface area contributed by atoms with E-state index in [1.165, 1.54) is 12.8 Å². The first-order valence-corrected chi connectivity index (χ1v) is 7.24. The van der Waals surface area contributed by atoms with Crippen LogP contribution in [0, 0.1) is 5.41 Å². The zero-order valence-corrected chi connectivity index (χ0v) is 11.4. The van der Waals surface area contributed by atoms with E-state index in [0.29, 0.717) is 5.41 Å². The summed E-state index contributed by atoms with van der Waals surface area (Å²) < 4.78 is 0. The number of likely N-dealkylation sites (tertiary alicyclic amines) is 1. The van der Waals surface area contributed by atoms with Crippen LogP contribution in [0.5, 0.6) is 0 Å². The quantitative estimate of drug-likeness (QED) is 0.738. The average molecular weight is 281 g/mol. The highest BCUT2D eigenvalue weighted by molar-refractivity contribution is 6.65. The molecular weight excluding hydrogens is 264 g/mol. The van der Waals surface area contributed by atoms with Gasteiger partial charge in [-0.1, -0.05) is 6.08 Å². The predicted molar refractivity (Wildman–Crippen MR) is 74.0 cm³/mol. The summed E-state index contributed by atoms with van der Waals surface area (Å²) in [5.74, 6) is 0.979. The third-order valence-corrected chi connectivity index (χ3v) is 4.88. The molecule has 4 aliphatic rings. The van der Waals surface area contributed by atoms with Crippen LogP contribution in [-0.4, -0.2) is 51.4 Å². The van der Waals surface area contributed by atoms with Gasteiger partial charge in [0.05, 0.1) is 12.6 Å². The van der Waals surface area contributed by atoms with Gasteiger partial charge in [-0.3, -0.25) is 5.01 Å². The molecule has 2 fully saturated rings. The first kappa shape index (κ1) is 11.7. The number of nitrogens with zero attached hydrogens (tertiary/aromatic N) is 4. The lowest BCUT2D eigenvalue weighted by atomic mass is 10.0. The van der Waals surface area contributed by atoms with Crippen molar-refractivity contribution in [3.05, 3.63) is 12.3 Å². The van der Waals surface area contributed by atoms with Crippen molar-refractivity contribution in [3.63, 3.8) is 0 Å². The number of aliphatic hydroxyl groups excluding tert-OH is 1. The molecule has 3 heterocycles. The van der Waals surface area contributed by atoms with Crippen molar-refractivity contribution in [2.75, 3.05) is 13.2 Å². The highest BCUT2D eigenvalue weighted by Gasteiger charge is 2.53. The van der Waals surface area contributed by atoms with Gasteiger partial charge in [0.1, 0.15) is 11.9 Å². The topological polar surface area (TPSA) is 51.4 Å². The molecule has 0 radical (unpaired) electrons. The number of amidine groups is 2. The smallest absolute Gasteiger partial charge is 0.242 e. The van der Waals surface area contributed by atoms with Gasteiger partial charge in [0.2, 0.25) is 5.29 Å². The summed E-state index contributed by atoms with van der Waals surface area (Å²) in [6, 6.07) is 0.344. The van der Waals surface area contributed by atoms with Crippen molar-refractivity contribution in [1.82, 2.24) is 9.91 Å². The summed E-state index contributed by atoms with van der Waals surface area (Å²) in [7, 11) is 0. The van der Waals surface area contributed by atoms with E-state index in [4.69, 9.17) is 11.6 Å². The molecule has 0 aromatic rings. The van der Waals surface area contributed by atoms with E-state index in [9.17, 15) is 5.11 Å². The summed E-state index contributed by atoms with van der Waals surface area (Å²) in [4.78, 5) is 6.74. The minimum absolute atomic E-state index is 0.158. The number of aliphatic hydroxyl groups is 1. The highest BCUT2D eigenvalue weighted by atomic mass is 35.5. The van der Waals surface area contributed by atoms with Gasteiger partial charge in [-0.15, -0.1) is 5.10 Å². The van der Waals surface area contributed by atoms with E-state index in [1.807, 2.05) is 11.2 Å². The molecule has 4 rings (SSSR count). The van der Waals surface area contributed by atoms with Crippen LogP contribution in [0.15, 0.2) is 22.4 Å². The van der Waals surface area contributed by atoms with Crippen LogP contribution in [0.25, 0.3) is 0 Å². The molecule has 0 aromatic carbocycles. The lowest BCUT2D eigenvalue weighted by Crippen LogP contribution is -2.49. The number of hydrogen-bond acceptors (Lipinski definition) is 5. The molecule has 1 saturated carbocycles. The Kier molecular flexibility index (Phi) is 2.45. The predicted octanol–water partition coefficient (Wildman–Crippen LogP) is 1.34. The molecular formula is C13H17ClN4O. The molecule has 1 spiro atoms. The SMILES string of the molecule is OC[C@@H]1CC2(CC2)CN1C1=NC(Cl)=NN2C=CCC12. The molecule has 102 valence electrons. The molecule has 1 saturated heterocycles. The third-order valence-electron chi connectivity index (χ3n) is 4.72. The number of fused-ring (bicyclic) bond motifs is 1. The maximum absolute atomic E-state index is 9.64. The van der Waals surface area contributed by atoms with E-state index < -0.39 is 0 Å². The Morgan fingerprint density at radius 2 is 2.32 bits per heavy atom. The van der Waals surface area contributed by atoms with Crippen molar-refractivity contribution in [2.45, 2.75) is 37.8 Å². The Labute approximate surface area is 117 Å². The van der Waals surface area contributed by atoms with Crippen molar-refractivity contribution in [1.29, 1.82) is 0 Å². The molecule has 0 amide bonds. The number of halogens is 1. The molecule has 0 aromatic heterocycles. The van der Waals surface area contributed by atoms with E-state index in [1.54, 1.807) is 0 Å². The van der Waals surface area contributed by atoms with Crippen LogP contribution in [-0.2, 0) is 0 Å². The fourth-order valence-electron chi connectivity index (χ4n) is 3.51. The molecule has 3 aliphatic heterocycles. The largest absolute Gasteiger partial charge is 0.394 e. The van der Waals surface area contributed by atoms with Gasteiger partial charge in [0, 0.05) is 12.7 Å². The zero-order chi connectivity index (χ0) is 13.0. The molecule has 2 atom stereocenters. The minimum Gasteiger partial charge on any atom is -0.394 e. The fourth-order valence-corrected chi connectivity index (χ4v) is 3.69. The second kappa shape index (κ2) is 3.96. The van der Waals surface area contributed by atoms with Gasteiger partial charge >= 0.3 is 0 Å². The summed E-state index contributed by atoms with van der Waals surface area (Å²) in [6.45, 7) is 1.20. The standard InChI is InChI=1S/C13H17ClN4O/c14-12-15-11(10-2-1-5-18(10)16-12)17-8-13(3-4-13)6-9(17)7-19/h1,5,9-10,19H,2-4,6-8H2/t9-,10?/m0/s1. The second-order valence-electron chi connectivity index (χ2n) is 6.02. The van der Waals surface area contributed by atoms with Gasteiger partial charge in [-0.05, 0) is 42.7 Å². The maximum Gasteiger partial charge on any atom is 0.242 e. The lowest BCUT2D eigenvalue weighted by Gasteiger charge is -2.34. The molecule has 19 heavy (non-hydrogen) atoms. The Morgan fingerprint density at radius 3 is 3.05 bits per heavy atom. The third kappa shape index (κ3) is 1.79. The molecule has 5 nitrogen and oxygen atoms in total. The van der Waals surface area contributed by atoms with Crippen molar-refractivity contribution in [3.8, 4) is 0 Å². The van der Waals surface area contributed by atoms with Gasteiger partial charge in [-0.25, -0.2) is 4.99 Å². The van der Waals surface area contributed by atoms with Gasteiger partial charge in [-0.2, -0.15) is 0 Å². The number of rotatable bonds is 1. The summed E-state index contributed by atoms with van der Waals surface area (Å²) in [6.07, 6.45) is 8.60. The lowest BCUT2D eigenvalue weighted by molar-refractivity contribution is 0.200. The highest BCUT2D eigenvalue weighted by Crippen LogP contribution is 2.55. The van der Waals surface area contributed by atoms with Crippen LogP contribution >= 0.6 is 11.6 Å². The van der Waals surface area contributed by atoms with E-state index in [-0.39, 0.29) is 24.0 Å². The number of hydrogen-bond donors (Lipinski definition) is 1. The maximum atomic E-state index is 9.64. The Hall–Kier alpha value is -1.07. The first-order chi connectivity index (χ1) is 9.21. The van der Waals surface area contributed by atoms with Crippen molar-refractivity contribution >= 4 is 22.7 Å². The summed E-state index contributed by atoms with van der Waals surface area (Å²) in [5, 5.41) is 16.0. The molecule has 1 aliphatic carbocycles. The van der Waals surface area contributed by atoms with Crippen LogP contribution in [0.4, 0.5) is 0 Å². The number of hydrazone groups is 1. The molecule has 6 heteroatoms. The second-order valence-corrected chi connectivity index (χ2v) is 6.36. The summed E-state index contributed by atoms with van der Waals surface area (Å²) >= 11 is 6.03. The average Bonchev–Trinajstić information content (AvgIpc) is 2.84. The minimum atomic E-state index is 0.158. The molecule has 0 bridgehead atoms. The van der Waals surface area contributed by atoms with E-state index in [0.717, 1.165) is 25.2 Å². The Morgan fingerprint density at radius 1 is 1.47 bits per heavy atom. The molecule has 1 N–H and O–H groups in total. The van der Waals surface area contributed by atoms with Crippen molar-refractivity contribution < 1.29 is 5.11 Å². The van der Waals surface area contributed by atoms with Gasteiger partial charge in [0.15, 0.2) is 0 Å². The fraction of sp³-hybridized carbons (Fsp3) is 0.692. The zero-order valence-electron chi connectivity index (χ0n) is 10.7. The Bertz CT molecular complexity index is 497. The van der Waals surface area contributed by atoms with Gasteiger partial charge in [0.25, 0.3) is 0 Å². The normalized spacial score (nSPS) is 34.6. The summed E-state index contributed by atoms with van der Waals surface area (Å²) in [5.41, 5.74) is 0.438. The van der Waals surface area contributed by atoms with Crippen LogP contribution in [0.3, 0.4) is 0 Å². The first-order valence-electron chi connectivity index (χ1n) is 6.86. The van der Waals surface area contributed by atoms with Crippen LogP contribution < -0.4 is 0 Å². The van der Waals surface area contributed by atoms with Crippen LogP contribution in [0.1, 0.15) is 25.7 Å². The number of aliphatic imine (C=N–C) groups is 1. The Balaban J connectivity index is 1.65.